The summed E-state index contributed by atoms with van der Waals surface area (Å²) >= 11 is 0. The van der Waals surface area contributed by atoms with Crippen LogP contribution in [-0.4, -0.2) is 56.1 Å². The van der Waals surface area contributed by atoms with Gasteiger partial charge in [-0.1, -0.05) is 20.8 Å². The molecule has 2 N–H and O–H groups in total. The maximum atomic E-state index is 13.2. The molecule has 0 saturated heterocycles. The van der Waals surface area contributed by atoms with E-state index in [-0.39, 0.29) is 22.9 Å². The molecule has 11 heteroatoms. The number of ether oxygens (including phenoxy) is 2. The predicted molar refractivity (Wildman–Crippen MR) is 142 cm³/mol. The molecule has 1 saturated carbocycles. The summed E-state index contributed by atoms with van der Waals surface area (Å²) in [5, 5.41) is 15.9. The molecule has 38 heavy (non-hydrogen) atoms. The lowest BCUT2D eigenvalue weighted by Crippen LogP contribution is -2.58. The molecule has 4 aromatic rings. The maximum Gasteiger partial charge on any atom is 0.407 e. The highest BCUT2D eigenvalue weighted by molar-refractivity contribution is 6.09. The van der Waals surface area contributed by atoms with Crippen molar-refractivity contribution in [3.8, 4) is 5.75 Å². The summed E-state index contributed by atoms with van der Waals surface area (Å²) in [6, 6.07) is 5.53. The molecule has 3 aromatic heterocycles. The molecule has 3 heterocycles. The number of benzene rings is 1. The fourth-order valence-electron chi connectivity index (χ4n) is 5.38. The van der Waals surface area contributed by atoms with Gasteiger partial charge in [-0.2, -0.15) is 10.2 Å². The topological polar surface area (TPSA) is 125 Å². The molecule has 1 fully saturated rings. The third-order valence-electron chi connectivity index (χ3n) is 7.76. The van der Waals surface area contributed by atoms with Crippen molar-refractivity contribution in [1.29, 1.82) is 0 Å². The smallest absolute Gasteiger partial charge is 0.407 e. The quantitative estimate of drug-likeness (QED) is 0.395. The van der Waals surface area contributed by atoms with Crippen molar-refractivity contribution in [1.82, 2.24) is 29.7 Å². The minimum absolute atomic E-state index is 0.132. The molecule has 1 aromatic carbocycles. The minimum Gasteiger partial charge on any atom is -0.496 e. The van der Waals surface area contributed by atoms with Crippen LogP contribution in [0.5, 0.6) is 5.75 Å². The Kier molecular flexibility index (Phi) is 6.46. The Labute approximate surface area is 220 Å². The molecule has 0 atom stereocenters. The molecule has 0 unspecified atom stereocenters. The second-order valence-electron chi connectivity index (χ2n) is 10.8. The molecule has 0 aliphatic heterocycles. The van der Waals surface area contributed by atoms with Crippen LogP contribution >= 0.6 is 0 Å². The van der Waals surface area contributed by atoms with Gasteiger partial charge in [0, 0.05) is 35.6 Å². The second-order valence-corrected chi connectivity index (χ2v) is 10.8. The van der Waals surface area contributed by atoms with Crippen LogP contribution in [0.1, 0.15) is 62.9 Å². The Morgan fingerprint density at radius 3 is 2.61 bits per heavy atom. The van der Waals surface area contributed by atoms with Crippen molar-refractivity contribution in [2.75, 3.05) is 19.5 Å². The van der Waals surface area contributed by atoms with Gasteiger partial charge in [-0.3, -0.25) is 9.48 Å². The number of fused-ring (bicyclic) bond motifs is 2. The number of amides is 2. The number of methoxy groups -OCH3 is 2. The molecule has 1 aliphatic rings. The number of anilines is 1. The average molecular weight is 520 g/mol. The van der Waals surface area contributed by atoms with Crippen LogP contribution in [0.25, 0.3) is 16.6 Å². The van der Waals surface area contributed by atoms with Crippen molar-refractivity contribution < 1.29 is 19.1 Å². The number of hydrogen-bond donors (Lipinski definition) is 2. The zero-order chi connectivity index (χ0) is 27.1. The zero-order valence-corrected chi connectivity index (χ0v) is 22.3. The Morgan fingerprint density at radius 2 is 1.92 bits per heavy atom. The van der Waals surface area contributed by atoms with Gasteiger partial charge < -0.3 is 20.1 Å². The number of aromatic nitrogens is 5. The second kappa shape index (κ2) is 9.62. The number of carbonyl (C=O) groups is 2. The summed E-state index contributed by atoms with van der Waals surface area (Å²) in [4.78, 5) is 29.6. The fraction of sp³-hybridized carbons (Fsp3) is 0.444. The largest absolute Gasteiger partial charge is 0.496 e. The molecule has 200 valence electrons. The SMILES string of the molecule is COC(=O)NC1(C(C)(C)C)CCC(n2cc3cc(C(=O)Nc4cnn5cccnc45)c(OC)cc3n2)CC1. The van der Waals surface area contributed by atoms with Crippen LogP contribution in [0.4, 0.5) is 10.5 Å². The summed E-state index contributed by atoms with van der Waals surface area (Å²) in [5.41, 5.74) is 1.72. The van der Waals surface area contributed by atoms with Crippen LogP contribution in [-0.2, 0) is 4.74 Å². The Hall–Kier alpha value is -4.15. The summed E-state index contributed by atoms with van der Waals surface area (Å²) in [6.45, 7) is 6.44. The van der Waals surface area contributed by atoms with Gasteiger partial charge in [0.15, 0.2) is 5.65 Å². The lowest BCUT2D eigenvalue weighted by Gasteiger charge is -2.49. The third kappa shape index (κ3) is 4.52. The standard InChI is InChI=1S/C27H33N7O4/c1-26(2,3)27(31-25(36)38-5)9-7-18(8-10-27)34-16-17-13-19(22(37-4)14-20(17)32-34)24(35)30-21-15-29-33-12-6-11-28-23(21)33/h6,11-16,18H,7-10H2,1-5H3,(H,30,35)(H,31,36). The van der Waals surface area contributed by atoms with Gasteiger partial charge >= 0.3 is 6.09 Å². The summed E-state index contributed by atoms with van der Waals surface area (Å²) in [5.74, 6) is 0.112. The van der Waals surface area contributed by atoms with E-state index >= 15 is 0 Å². The van der Waals surface area contributed by atoms with E-state index in [0.29, 0.717) is 22.6 Å². The van der Waals surface area contributed by atoms with E-state index in [1.165, 1.54) is 14.2 Å². The number of carbonyl (C=O) groups excluding carboxylic acids is 2. The van der Waals surface area contributed by atoms with Gasteiger partial charge in [0.1, 0.15) is 11.4 Å². The summed E-state index contributed by atoms with van der Waals surface area (Å²) in [6.07, 6.45) is 9.86. The van der Waals surface area contributed by atoms with Crippen molar-refractivity contribution in [2.24, 2.45) is 5.41 Å². The molecule has 0 bridgehead atoms. The van der Waals surface area contributed by atoms with Crippen LogP contribution in [0.3, 0.4) is 0 Å². The number of nitrogens with one attached hydrogen (secondary N) is 2. The first-order chi connectivity index (χ1) is 18.1. The molecule has 2 amide bonds. The minimum atomic E-state index is -0.402. The van der Waals surface area contributed by atoms with E-state index in [1.54, 1.807) is 41.3 Å². The summed E-state index contributed by atoms with van der Waals surface area (Å²) in [7, 11) is 2.93. The van der Waals surface area contributed by atoms with E-state index in [9.17, 15) is 9.59 Å². The van der Waals surface area contributed by atoms with Gasteiger partial charge in [-0.25, -0.2) is 14.3 Å². The first kappa shape index (κ1) is 25.5. The van der Waals surface area contributed by atoms with Crippen molar-refractivity contribution in [3.05, 3.63) is 48.5 Å². The van der Waals surface area contributed by atoms with E-state index in [2.05, 4.69) is 41.5 Å². The van der Waals surface area contributed by atoms with Crippen molar-refractivity contribution in [2.45, 2.75) is 58.0 Å². The van der Waals surface area contributed by atoms with E-state index < -0.39 is 6.09 Å². The van der Waals surface area contributed by atoms with Crippen LogP contribution < -0.4 is 15.4 Å². The monoisotopic (exact) mass is 519 g/mol. The van der Waals surface area contributed by atoms with E-state index in [0.717, 1.165) is 36.6 Å². The van der Waals surface area contributed by atoms with Gasteiger partial charge in [-0.15, -0.1) is 0 Å². The van der Waals surface area contributed by atoms with Gasteiger partial charge in [0.2, 0.25) is 0 Å². The predicted octanol–water partition coefficient (Wildman–Crippen LogP) is 4.60. The Morgan fingerprint density at radius 1 is 1.16 bits per heavy atom. The van der Waals surface area contributed by atoms with Gasteiger partial charge in [-0.05, 0) is 43.2 Å². The first-order valence-electron chi connectivity index (χ1n) is 12.7. The normalized spacial score (nSPS) is 19.9. The molecule has 0 spiro atoms. The number of rotatable bonds is 5. The lowest BCUT2D eigenvalue weighted by molar-refractivity contribution is 0.0626. The molecule has 0 radical (unpaired) electrons. The highest BCUT2D eigenvalue weighted by Gasteiger charge is 2.46. The Balaban J connectivity index is 1.38. The molecule has 11 nitrogen and oxygen atoms in total. The van der Waals surface area contributed by atoms with Crippen LogP contribution in [0, 0.1) is 5.41 Å². The maximum absolute atomic E-state index is 13.2. The van der Waals surface area contributed by atoms with E-state index in [4.69, 9.17) is 14.6 Å². The van der Waals surface area contributed by atoms with E-state index in [1.807, 2.05) is 10.9 Å². The average Bonchev–Trinajstić information content (AvgIpc) is 3.51. The van der Waals surface area contributed by atoms with Gasteiger partial charge in [0.05, 0.1) is 37.5 Å². The molecule has 5 rings (SSSR count). The van der Waals surface area contributed by atoms with Crippen molar-refractivity contribution >= 4 is 34.2 Å². The highest BCUT2D eigenvalue weighted by Crippen LogP contribution is 2.45. The Bertz CT molecular complexity index is 1490. The summed E-state index contributed by atoms with van der Waals surface area (Å²) < 4.78 is 14.0. The lowest BCUT2D eigenvalue weighted by atomic mass is 9.64. The number of hydrogen-bond acceptors (Lipinski definition) is 7. The number of alkyl carbamates (subject to hydrolysis) is 1. The van der Waals surface area contributed by atoms with Gasteiger partial charge in [0.25, 0.3) is 5.91 Å². The van der Waals surface area contributed by atoms with Crippen LogP contribution in [0.15, 0.2) is 43.0 Å². The zero-order valence-electron chi connectivity index (χ0n) is 22.3. The third-order valence-corrected chi connectivity index (χ3v) is 7.76. The molecular weight excluding hydrogens is 486 g/mol. The van der Waals surface area contributed by atoms with Crippen LogP contribution in [0.2, 0.25) is 0 Å². The first-order valence-corrected chi connectivity index (χ1v) is 12.7. The molecular formula is C27H33N7O4. The number of nitrogens with zero attached hydrogens (tertiary/aromatic N) is 5. The molecule has 1 aliphatic carbocycles. The fourth-order valence-corrected chi connectivity index (χ4v) is 5.38. The highest BCUT2D eigenvalue weighted by atomic mass is 16.5. The van der Waals surface area contributed by atoms with Crippen molar-refractivity contribution in [3.63, 3.8) is 0 Å².